The summed E-state index contributed by atoms with van der Waals surface area (Å²) in [6.07, 6.45) is 1.90. The first kappa shape index (κ1) is 14.1. The number of benzene rings is 1. The van der Waals surface area contributed by atoms with Crippen LogP contribution in [0.15, 0.2) is 12.1 Å². The Hall–Kier alpha value is -0.970. The molecule has 5 heteroatoms. The Morgan fingerprint density at radius 1 is 1.35 bits per heavy atom. The third kappa shape index (κ3) is 3.77. The third-order valence-electron chi connectivity index (χ3n) is 2.32. The van der Waals surface area contributed by atoms with Gasteiger partial charge in [0.25, 0.3) is 0 Å². The van der Waals surface area contributed by atoms with Gasteiger partial charge in [-0.15, -0.1) is 0 Å². The van der Waals surface area contributed by atoms with Crippen LogP contribution >= 0.6 is 15.9 Å². The average Bonchev–Trinajstić information content (AvgIpc) is 2.32. The molecule has 1 aromatic rings. The van der Waals surface area contributed by atoms with Crippen molar-refractivity contribution in [3.05, 3.63) is 29.3 Å². The smallest absolute Gasteiger partial charge is 0.200 e. The molecule has 0 fully saturated rings. The van der Waals surface area contributed by atoms with Crippen LogP contribution in [0, 0.1) is 11.6 Å². The molecule has 0 aliphatic rings. The summed E-state index contributed by atoms with van der Waals surface area (Å²) in [5.41, 5.74) is 0.148. The molecule has 2 nitrogen and oxygen atoms in total. The third-order valence-corrected chi connectivity index (χ3v) is 2.88. The first-order chi connectivity index (χ1) is 8.10. The second kappa shape index (κ2) is 6.69. The maximum Gasteiger partial charge on any atom is 0.200 e. The Balaban J connectivity index is 2.83. The average molecular weight is 307 g/mol. The molecule has 0 saturated heterocycles. The molecule has 0 aromatic heterocycles. The summed E-state index contributed by atoms with van der Waals surface area (Å²) in [7, 11) is 1.23. The number of carbonyl (C=O) groups excluding carboxylic acids is 1. The number of ether oxygens (including phenoxy) is 1. The lowest BCUT2D eigenvalue weighted by Gasteiger charge is -2.06. The molecule has 0 N–H and O–H groups in total. The van der Waals surface area contributed by atoms with Gasteiger partial charge in [0.1, 0.15) is 0 Å². The Labute approximate surface area is 107 Å². The highest BCUT2D eigenvalue weighted by molar-refractivity contribution is 9.09. The molecular formula is C12H13BrF2O2. The Morgan fingerprint density at radius 2 is 2.06 bits per heavy atom. The molecule has 17 heavy (non-hydrogen) atoms. The predicted octanol–water partition coefficient (Wildman–Crippen LogP) is 3.72. The highest BCUT2D eigenvalue weighted by Crippen LogP contribution is 2.23. The highest BCUT2D eigenvalue weighted by atomic mass is 79.9. The Morgan fingerprint density at radius 3 is 2.65 bits per heavy atom. The number of ketones is 1. The fourth-order valence-corrected chi connectivity index (χ4v) is 1.79. The predicted molar refractivity (Wildman–Crippen MR) is 64.9 cm³/mol. The van der Waals surface area contributed by atoms with Crippen LogP contribution in [0.3, 0.4) is 0 Å². The van der Waals surface area contributed by atoms with Gasteiger partial charge >= 0.3 is 0 Å². The van der Waals surface area contributed by atoms with E-state index in [9.17, 15) is 13.6 Å². The molecule has 0 bridgehead atoms. The molecule has 0 aliphatic carbocycles. The molecule has 0 radical (unpaired) electrons. The van der Waals surface area contributed by atoms with E-state index in [1.807, 2.05) is 0 Å². The molecule has 0 saturated carbocycles. The normalized spacial score (nSPS) is 10.4. The van der Waals surface area contributed by atoms with Gasteiger partial charge in [-0.3, -0.25) is 4.79 Å². The van der Waals surface area contributed by atoms with Gasteiger partial charge in [0.15, 0.2) is 17.3 Å². The number of carbonyl (C=O) groups is 1. The first-order valence-electron chi connectivity index (χ1n) is 5.22. The van der Waals surface area contributed by atoms with E-state index in [0.717, 1.165) is 17.8 Å². The first-order valence-corrected chi connectivity index (χ1v) is 6.34. The number of hydrogen-bond acceptors (Lipinski definition) is 2. The van der Waals surface area contributed by atoms with E-state index >= 15 is 0 Å². The molecule has 0 spiro atoms. The fourth-order valence-electron chi connectivity index (χ4n) is 1.40. The van der Waals surface area contributed by atoms with E-state index < -0.39 is 11.6 Å². The molecule has 0 unspecified atom stereocenters. The quantitative estimate of drug-likeness (QED) is 0.455. The maximum atomic E-state index is 13.2. The molecule has 1 rings (SSSR count). The lowest BCUT2D eigenvalue weighted by molar-refractivity contribution is 0.0979. The largest absolute Gasteiger partial charge is 0.494 e. The van der Waals surface area contributed by atoms with Gasteiger partial charge in [-0.25, -0.2) is 4.39 Å². The molecule has 1 aromatic carbocycles. The van der Waals surface area contributed by atoms with E-state index in [1.54, 1.807) is 0 Å². The van der Waals surface area contributed by atoms with Crippen molar-refractivity contribution in [3.8, 4) is 5.75 Å². The summed E-state index contributed by atoms with van der Waals surface area (Å²) in [6.45, 7) is 0. The minimum absolute atomic E-state index is 0.148. The second-order valence-corrected chi connectivity index (χ2v) is 4.34. The number of Topliss-reactive ketones (excluding diaryl/α,β-unsaturated/α-hetero) is 1. The number of alkyl halides is 1. The SMILES string of the molecule is COc1cc(C(=O)CCCCBr)cc(F)c1F. The van der Waals surface area contributed by atoms with Crippen LogP contribution in [0.1, 0.15) is 29.6 Å². The van der Waals surface area contributed by atoms with Crippen LogP contribution < -0.4 is 4.74 Å². The maximum absolute atomic E-state index is 13.2. The number of rotatable bonds is 6. The zero-order valence-corrected chi connectivity index (χ0v) is 11.0. The van der Waals surface area contributed by atoms with Gasteiger partial charge in [-0.2, -0.15) is 4.39 Å². The van der Waals surface area contributed by atoms with Crippen molar-refractivity contribution < 1.29 is 18.3 Å². The fraction of sp³-hybridized carbons (Fsp3) is 0.417. The molecule has 94 valence electrons. The zero-order chi connectivity index (χ0) is 12.8. The van der Waals surface area contributed by atoms with Crippen molar-refractivity contribution in [2.24, 2.45) is 0 Å². The molecule has 0 amide bonds. The van der Waals surface area contributed by atoms with Gasteiger partial charge in [0, 0.05) is 17.3 Å². The van der Waals surface area contributed by atoms with Crippen molar-refractivity contribution in [1.82, 2.24) is 0 Å². The topological polar surface area (TPSA) is 26.3 Å². The van der Waals surface area contributed by atoms with E-state index in [4.69, 9.17) is 0 Å². The number of unbranched alkanes of at least 4 members (excludes halogenated alkanes) is 1. The van der Waals surface area contributed by atoms with Crippen LogP contribution in [0.5, 0.6) is 5.75 Å². The molecule has 0 heterocycles. The summed E-state index contributed by atoms with van der Waals surface area (Å²) in [6, 6.07) is 2.14. The summed E-state index contributed by atoms with van der Waals surface area (Å²) in [5.74, 6) is -2.57. The van der Waals surface area contributed by atoms with Crippen LogP contribution in [0.25, 0.3) is 0 Å². The van der Waals surface area contributed by atoms with Crippen LogP contribution in [0.2, 0.25) is 0 Å². The van der Waals surface area contributed by atoms with Crippen molar-refractivity contribution in [3.63, 3.8) is 0 Å². The zero-order valence-electron chi connectivity index (χ0n) is 9.43. The Kier molecular flexibility index (Phi) is 5.55. The lowest BCUT2D eigenvalue weighted by atomic mass is 10.1. The summed E-state index contributed by atoms with van der Waals surface area (Å²) >= 11 is 3.26. The van der Waals surface area contributed by atoms with Gasteiger partial charge in [0.2, 0.25) is 5.82 Å². The minimum atomic E-state index is -1.07. The molecular weight excluding hydrogens is 294 g/mol. The van der Waals surface area contributed by atoms with Crippen molar-refractivity contribution in [2.75, 3.05) is 12.4 Å². The second-order valence-electron chi connectivity index (χ2n) is 3.54. The number of methoxy groups -OCH3 is 1. The monoisotopic (exact) mass is 306 g/mol. The number of hydrogen-bond donors (Lipinski definition) is 0. The summed E-state index contributed by atoms with van der Waals surface area (Å²) in [5, 5.41) is 0.821. The van der Waals surface area contributed by atoms with E-state index in [0.29, 0.717) is 12.8 Å². The molecule has 0 aliphatic heterocycles. The van der Waals surface area contributed by atoms with Gasteiger partial charge in [-0.05, 0) is 25.0 Å². The minimum Gasteiger partial charge on any atom is -0.494 e. The summed E-state index contributed by atoms with van der Waals surface area (Å²) in [4.78, 5) is 11.7. The highest BCUT2D eigenvalue weighted by Gasteiger charge is 2.15. The van der Waals surface area contributed by atoms with Crippen LogP contribution in [-0.2, 0) is 0 Å². The van der Waals surface area contributed by atoms with Gasteiger partial charge < -0.3 is 4.74 Å². The van der Waals surface area contributed by atoms with Crippen LogP contribution in [-0.4, -0.2) is 18.2 Å². The van der Waals surface area contributed by atoms with Crippen molar-refractivity contribution in [1.29, 1.82) is 0 Å². The van der Waals surface area contributed by atoms with Gasteiger partial charge in [0.05, 0.1) is 7.11 Å². The van der Waals surface area contributed by atoms with E-state index in [1.165, 1.54) is 13.2 Å². The standard InChI is InChI=1S/C12H13BrF2O2/c1-17-11-7-8(6-9(14)12(11)15)10(16)4-2-3-5-13/h6-7H,2-5H2,1H3. The van der Waals surface area contributed by atoms with E-state index in [-0.39, 0.29) is 17.1 Å². The molecule has 0 atom stereocenters. The Bertz CT molecular complexity index is 408. The van der Waals surface area contributed by atoms with E-state index in [2.05, 4.69) is 20.7 Å². The lowest BCUT2D eigenvalue weighted by Crippen LogP contribution is -2.03. The van der Waals surface area contributed by atoms with Gasteiger partial charge in [-0.1, -0.05) is 15.9 Å². The van der Waals surface area contributed by atoms with Crippen molar-refractivity contribution in [2.45, 2.75) is 19.3 Å². The summed E-state index contributed by atoms with van der Waals surface area (Å²) < 4.78 is 31.0. The van der Waals surface area contributed by atoms with Crippen LogP contribution in [0.4, 0.5) is 8.78 Å². The number of halogens is 3. The van der Waals surface area contributed by atoms with Crippen molar-refractivity contribution >= 4 is 21.7 Å².